The lowest BCUT2D eigenvalue weighted by atomic mass is 10.0. The van der Waals surface area contributed by atoms with Gasteiger partial charge in [-0.25, -0.2) is 0 Å². The summed E-state index contributed by atoms with van der Waals surface area (Å²) in [7, 11) is 1.65. The van der Waals surface area contributed by atoms with Crippen LogP contribution in [0.4, 0.5) is 0 Å². The van der Waals surface area contributed by atoms with Crippen molar-refractivity contribution >= 4 is 5.91 Å². The molecule has 2 N–H and O–H groups in total. The van der Waals surface area contributed by atoms with E-state index in [1.165, 1.54) is 0 Å². The highest BCUT2D eigenvalue weighted by Crippen LogP contribution is 2.50. The van der Waals surface area contributed by atoms with Crippen molar-refractivity contribution in [3.05, 3.63) is 29.8 Å². The second kappa shape index (κ2) is 6.94. The lowest BCUT2D eigenvalue weighted by Gasteiger charge is -2.18. The number of hydrogen-bond donors (Lipinski definition) is 2. The second-order valence-electron chi connectivity index (χ2n) is 6.21. The van der Waals surface area contributed by atoms with E-state index in [4.69, 9.17) is 4.74 Å². The van der Waals surface area contributed by atoms with Gasteiger partial charge in [0.2, 0.25) is 5.91 Å². The zero-order valence-electron chi connectivity index (χ0n) is 13.0. The molecule has 0 heterocycles. The number of ether oxygens (including phenoxy) is 1. The second-order valence-corrected chi connectivity index (χ2v) is 6.21. The van der Waals surface area contributed by atoms with Crippen molar-refractivity contribution in [2.24, 2.45) is 11.8 Å². The maximum atomic E-state index is 12.3. The predicted octanol–water partition coefficient (Wildman–Crippen LogP) is 2.32. The maximum Gasteiger partial charge on any atom is 0.224 e. The highest BCUT2D eigenvalue weighted by atomic mass is 16.5. The summed E-state index contributed by atoms with van der Waals surface area (Å²) in [6.45, 7) is 4.17. The predicted molar refractivity (Wildman–Crippen MR) is 82.3 cm³/mol. The summed E-state index contributed by atoms with van der Waals surface area (Å²) in [6, 6.07) is 7.72. The molecule has 0 radical (unpaired) electrons. The van der Waals surface area contributed by atoms with Gasteiger partial charge >= 0.3 is 0 Å². The molecule has 1 aliphatic rings. The van der Waals surface area contributed by atoms with Gasteiger partial charge in [0, 0.05) is 5.92 Å². The van der Waals surface area contributed by atoms with Gasteiger partial charge in [-0.2, -0.15) is 0 Å². The van der Waals surface area contributed by atoms with Crippen molar-refractivity contribution in [3.63, 3.8) is 0 Å². The molecule has 3 unspecified atom stereocenters. The number of benzene rings is 1. The number of methoxy groups -OCH3 is 1. The van der Waals surface area contributed by atoms with Gasteiger partial charge in [-0.05, 0) is 36.3 Å². The van der Waals surface area contributed by atoms with Gasteiger partial charge in [0.25, 0.3) is 0 Å². The molecule has 1 aromatic carbocycles. The van der Waals surface area contributed by atoms with Gasteiger partial charge < -0.3 is 15.2 Å². The lowest BCUT2D eigenvalue weighted by molar-refractivity contribution is -0.123. The Morgan fingerprint density at radius 2 is 2.14 bits per heavy atom. The number of hydrogen-bond acceptors (Lipinski definition) is 3. The first kappa shape index (κ1) is 15.8. The van der Waals surface area contributed by atoms with Crippen LogP contribution >= 0.6 is 0 Å². The van der Waals surface area contributed by atoms with E-state index in [1.807, 2.05) is 24.3 Å². The molecule has 0 aromatic heterocycles. The van der Waals surface area contributed by atoms with Crippen LogP contribution in [0.25, 0.3) is 0 Å². The van der Waals surface area contributed by atoms with E-state index in [-0.39, 0.29) is 30.4 Å². The molecule has 21 heavy (non-hydrogen) atoms. The molecule has 1 fully saturated rings. The number of rotatable bonds is 7. The Morgan fingerprint density at radius 3 is 2.76 bits per heavy atom. The number of carbonyl (C=O) groups is 1. The zero-order valence-corrected chi connectivity index (χ0v) is 13.0. The Labute approximate surface area is 126 Å². The fourth-order valence-corrected chi connectivity index (χ4v) is 2.86. The summed E-state index contributed by atoms with van der Waals surface area (Å²) in [5, 5.41) is 12.3. The number of aliphatic hydroxyl groups excluding tert-OH is 1. The van der Waals surface area contributed by atoms with E-state index < -0.39 is 0 Å². The van der Waals surface area contributed by atoms with Crippen LogP contribution in [0, 0.1) is 11.8 Å². The van der Waals surface area contributed by atoms with Crippen molar-refractivity contribution in [2.45, 2.75) is 38.6 Å². The van der Waals surface area contributed by atoms with E-state index >= 15 is 0 Å². The molecule has 0 aliphatic heterocycles. The summed E-state index contributed by atoms with van der Waals surface area (Å²) in [6.07, 6.45) is 1.65. The SMILES string of the molecule is COc1ccccc1C1CC1C(=O)NC(CO)CC(C)C. The minimum Gasteiger partial charge on any atom is -0.496 e. The molecule has 3 atom stereocenters. The maximum absolute atomic E-state index is 12.3. The highest BCUT2D eigenvalue weighted by molar-refractivity contribution is 5.83. The molecule has 116 valence electrons. The van der Waals surface area contributed by atoms with Crippen LogP contribution in [-0.2, 0) is 4.79 Å². The molecule has 1 aliphatic carbocycles. The minimum atomic E-state index is -0.142. The topological polar surface area (TPSA) is 58.6 Å². The summed E-state index contributed by atoms with van der Waals surface area (Å²) in [4.78, 5) is 12.3. The first-order valence-electron chi connectivity index (χ1n) is 7.61. The number of amides is 1. The fourth-order valence-electron chi connectivity index (χ4n) is 2.86. The summed E-state index contributed by atoms with van der Waals surface area (Å²) in [5.41, 5.74) is 1.10. The normalized spacial score (nSPS) is 22.0. The van der Waals surface area contributed by atoms with Gasteiger partial charge in [0.1, 0.15) is 5.75 Å². The molecule has 1 aromatic rings. The van der Waals surface area contributed by atoms with Crippen LogP contribution in [0.1, 0.15) is 38.2 Å². The first-order chi connectivity index (χ1) is 10.1. The van der Waals surface area contributed by atoms with Crippen LogP contribution in [0.5, 0.6) is 5.75 Å². The van der Waals surface area contributed by atoms with Crippen LogP contribution in [0.2, 0.25) is 0 Å². The average Bonchev–Trinajstić information content (AvgIpc) is 3.26. The van der Waals surface area contributed by atoms with E-state index in [0.717, 1.165) is 24.2 Å². The summed E-state index contributed by atoms with van der Waals surface area (Å²) < 4.78 is 5.36. The number of para-hydroxylation sites is 1. The van der Waals surface area contributed by atoms with Gasteiger partial charge in [-0.3, -0.25) is 4.79 Å². The van der Waals surface area contributed by atoms with Gasteiger partial charge in [0.15, 0.2) is 0 Å². The summed E-state index contributed by atoms with van der Waals surface area (Å²) >= 11 is 0. The quantitative estimate of drug-likeness (QED) is 0.810. The van der Waals surface area contributed by atoms with E-state index in [9.17, 15) is 9.90 Å². The van der Waals surface area contributed by atoms with Crippen molar-refractivity contribution in [3.8, 4) is 5.75 Å². The van der Waals surface area contributed by atoms with Crippen molar-refractivity contribution in [2.75, 3.05) is 13.7 Å². The molecule has 4 heteroatoms. The third-order valence-corrected chi connectivity index (χ3v) is 3.99. The Balaban J connectivity index is 1.94. The van der Waals surface area contributed by atoms with Gasteiger partial charge in [-0.1, -0.05) is 32.0 Å². The van der Waals surface area contributed by atoms with Crippen LogP contribution in [0.15, 0.2) is 24.3 Å². The number of aliphatic hydroxyl groups is 1. The molecule has 0 saturated heterocycles. The smallest absolute Gasteiger partial charge is 0.224 e. The van der Waals surface area contributed by atoms with Crippen LogP contribution in [0.3, 0.4) is 0 Å². The molecule has 2 rings (SSSR count). The Hall–Kier alpha value is -1.55. The Morgan fingerprint density at radius 1 is 1.43 bits per heavy atom. The van der Waals surface area contributed by atoms with Gasteiger partial charge in [-0.15, -0.1) is 0 Å². The van der Waals surface area contributed by atoms with Crippen molar-refractivity contribution < 1.29 is 14.6 Å². The third kappa shape index (κ3) is 3.97. The van der Waals surface area contributed by atoms with E-state index in [1.54, 1.807) is 7.11 Å². The Kier molecular flexibility index (Phi) is 5.23. The van der Waals surface area contributed by atoms with E-state index in [2.05, 4.69) is 19.2 Å². The van der Waals surface area contributed by atoms with Crippen molar-refractivity contribution in [1.29, 1.82) is 0 Å². The lowest BCUT2D eigenvalue weighted by Crippen LogP contribution is -2.39. The first-order valence-corrected chi connectivity index (χ1v) is 7.61. The average molecular weight is 291 g/mol. The molecular formula is C17H25NO3. The third-order valence-electron chi connectivity index (χ3n) is 3.99. The van der Waals surface area contributed by atoms with Crippen molar-refractivity contribution in [1.82, 2.24) is 5.32 Å². The molecule has 1 saturated carbocycles. The number of carbonyl (C=O) groups excluding carboxylic acids is 1. The monoisotopic (exact) mass is 291 g/mol. The molecule has 1 amide bonds. The van der Waals surface area contributed by atoms with E-state index in [0.29, 0.717) is 5.92 Å². The standard InChI is InChI=1S/C17H25NO3/c1-11(2)8-12(10-19)18-17(20)15-9-14(15)13-6-4-5-7-16(13)21-3/h4-7,11-12,14-15,19H,8-10H2,1-3H3,(H,18,20). The zero-order chi connectivity index (χ0) is 15.4. The largest absolute Gasteiger partial charge is 0.496 e. The number of nitrogens with one attached hydrogen (secondary N) is 1. The summed E-state index contributed by atoms with van der Waals surface area (Å²) in [5.74, 6) is 1.58. The van der Waals surface area contributed by atoms with Crippen LogP contribution < -0.4 is 10.1 Å². The van der Waals surface area contributed by atoms with Crippen LogP contribution in [-0.4, -0.2) is 30.8 Å². The fraction of sp³-hybridized carbons (Fsp3) is 0.588. The molecular weight excluding hydrogens is 266 g/mol. The van der Waals surface area contributed by atoms with Gasteiger partial charge in [0.05, 0.1) is 19.8 Å². The molecule has 0 bridgehead atoms. The Bertz CT molecular complexity index is 487. The highest BCUT2D eigenvalue weighted by Gasteiger charge is 2.45. The molecule has 0 spiro atoms. The molecule has 4 nitrogen and oxygen atoms in total. The minimum absolute atomic E-state index is 0.00233.